The van der Waals surface area contributed by atoms with Crippen molar-refractivity contribution in [1.29, 1.82) is 0 Å². The van der Waals surface area contributed by atoms with Crippen LogP contribution < -0.4 is 11.5 Å². The fourth-order valence-corrected chi connectivity index (χ4v) is 2.78. The molecule has 1 heterocycles. The van der Waals surface area contributed by atoms with Crippen molar-refractivity contribution in [2.75, 3.05) is 6.61 Å². The normalized spacial score (nSPS) is 17.2. The van der Waals surface area contributed by atoms with E-state index in [0.717, 1.165) is 12.0 Å². The van der Waals surface area contributed by atoms with Crippen LogP contribution in [0, 0.1) is 0 Å². The lowest BCUT2D eigenvalue weighted by molar-refractivity contribution is -0.157. The molecule has 1 aromatic carbocycles. The van der Waals surface area contributed by atoms with Crippen LogP contribution in [-0.2, 0) is 11.3 Å². The maximum absolute atomic E-state index is 6.14. The minimum atomic E-state index is -0.696. The van der Waals surface area contributed by atoms with Gasteiger partial charge in [-0.2, -0.15) is 10.1 Å². The molecule has 22 heavy (non-hydrogen) atoms. The lowest BCUT2D eigenvalue weighted by Crippen LogP contribution is -2.53. The molecule has 0 unspecified atom stereocenters. The Morgan fingerprint density at radius 3 is 2.45 bits per heavy atom. The first-order valence-corrected chi connectivity index (χ1v) is 7.62. The molecule has 0 radical (unpaired) electrons. The number of nitrogens with two attached hydrogens (primary N) is 2. The quantitative estimate of drug-likeness (QED) is 0.804. The fraction of sp³-hybridized carbons (Fsp3) is 0.429. The second-order valence-electron chi connectivity index (χ2n) is 5.37. The zero-order valence-electron chi connectivity index (χ0n) is 12.5. The van der Waals surface area contributed by atoms with Crippen LogP contribution in [0.3, 0.4) is 0 Å². The summed E-state index contributed by atoms with van der Waals surface area (Å²) in [4.78, 5) is 13.8. The topological polar surface area (TPSA) is 89.2 Å². The van der Waals surface area contributed by atoms with Gasteiger partial charge < -0.3 is 11.5 Å². The van der Waals surface area contributed by atoms with Crippen molar-refractivity contribution in [3.05, 3.63) is 33.8 Å². The van der Waals surface area contributed by atoms with Crippen molar-refractivity contribution in [2.24, 2.45) is 21.5 Å². The molecular formula is C14H19Cl2N5O. The molecule has 120 valence electrons. The summed E-state index contributed by atoms with van der Waals surface area (Å²) in [6.45, 7) is 4.11. The van der Waals surface area contributed by atoms with E-state index in [9.17, 15) is 0 Å². The summed E-state index contributed by atoms with van der Waals surface area (Å²) in [5.74, 6) is 0.332. The predicted octanol–water partition coefficient (Wildman–Crippen LogP) is 2.54. The van der Waals surface area contributed by atoms with Crippen molar-refractivity contribution in [2.45, 2.75) is 32.4 Å². The highest BCUT2D eigenvalue weighted by Crippen LogP contribution is 2.26. The second kappa shape index (κ2) is 6.73. The first-order chi connectivity index (χ1) is 10.3. The van der Waals surface area contributed by atoms with Gasteiger partial charge >= 0.3 is 0 Å². The molecule has 0 aliphatic carbocycles. The zero-order chi connectivity index (χ0) is 16.3. The average molecular weight is 344 g/mol. The number of hydrogen-bond donors (Lipinski definition) is 2. The standard InChI is InChI=1S/C14H19Cl2N5O/c1-14(2)20-12(17)19-13(18)21(14)22-8-4-5-9-10(15)6-3-7-11(9)16/h3,6-7H,4-5,8H2,1-2H3,(H4,17,18,19,20). The molecule has 1 aliphatic heterocycles. The molecule has 1 aromatic rings. The summed E-state index contributed by atoms with van der Waals surface area (Å²) in [6.07, 6.45) is 1.43. The van der Waals surface area contributed by atoms with Gasteiger partial charge in [-0.05, 0) is 44.4 Å². The van der Waals surface area contributed by atoms with Crippen LogP contribution in [0.5, 0.6) is 0 Å². The molecule has 1 aliphatic rings. The number of nitrogens with zero attached hydrogens (tertiary/aromatic N) is 3. The number of halogens is 2. The van der Waals surface area contributed by atoms with E-state index in [1.54, 1.807) is 0 Å². The Morgan fingerprint density at radius 1 is 1.23 bits per heavy atom. The second-order valence-corrected chi connectivity index (χ2v) is 6.18. The van der Waals surface area contributed by atoms with Gasteiger partial charge in [0.2, 0.25) is 11.9 Å². The van der Waals surface area contributed by atoms with Gasteiger partial charge in [0.15, 0.2) is 5.66 Å². The van der Waals surface area contributed by atoms with Crippen molar-refractivity contribution in [1.82, 2.24) is 5.06 Å². The Balaban J connectivity index is 1.91. The van der Waals surface area contributed by atoms with E-state index in [2.05, 4.69) is 9.98 Å². The number of benzene rings is 1. The largest absolute Gasteiger partial charge is 0.368 e. The van der Waals surface area contributed by atoms with E-state index in [1.165, 1.54) is 5.06 Å². The van der Waals surface area contributed by atoms with Crippen LogP contribution in [0.25, 0.3) is 0 Å². The maximum atomic E-state index is 6.14. The Morgan fingerprint density at radius 2 is 1.86 bits per heavy atom. The van der Waals surface area contributed by atoms with Gasteiger partial charge in [-0.15, -0.1) is 0 Å². The molecule has 0 atom stereocenters. The zero-order valence-corrected chi connectivity index (χ0v) is 14.0. The third kappa shape index (κ3) is 3.82. The van der Waals surface area contributed by atoms with Crippen LogP contribution in [-0.4, -0.2) is 29.3 Å². The summed E-state index contributed by atoms with van der Waals surface area (Å²) in [5, 5.41) is 2.77. The molecule has 8 heteroatoms. The van der Waals surface area contributed by atoms with Crippen LogP contribution in [0.4, 0.5) is 0 Å². The molecule has 0 bridgehead atoms. The summed E-state index contributed by atoms with van der Waals surface area (Å²) in [6, 6.07) is 5.46. The summed E-state index contributed by atoms with van der Waals surface area (Å²) in [7, 11) is 0. The summed E-state index contributed by atoms with van der Waals surface area (Å²) < 4.78 is 0. The smallest absolute Gasteiger partial charge is 0.226 e. The Kier molecular flexibility index (Phi) is 5.16. The molecule has 6 nitrogen and oxygen atoms in total. The van der Waals surface area contributed by atoms with Crippen molar-refractivity contribution in [3.8, 4) is 0 Å². The van der Waals surface area contributed by atoms with Crippen molar-refractivity contribution >= 4 is 35.1 Å². The van der Waals surface area contributed by atoms with Gasteiger partial charge in [0.1, 0.15) is 0 Å². The molecule has 4 N–H and O–H groups in total. The number of hydroxylamine groups is 2. The van der Waals surface area contributed by atoms with Crippen LogP contribution in [0.2, 0.25) is 10.0 Å². The van der Waals surface area contributed by atoms with Crippen LogP contribution >= 0.6 is 23.2 Å². The highest BCUT2D eigenvalue weighted by Gasteiger charge is 2.32. The minimum absolute atomic E-state index is 0.144. The van der Waals surface area contributed by atoms with E-state index in [0.29, 0.717) is 23.1 Å². The minimum Gasteiger partial charge on any atom is -0.368 e. The van der Waals surface area contributed by atoms with Crippen LogP contribution in [0.1, 0.15) is 25.8 Å². The number of guanidine groups is 2. The molecule has 0 spiro atoms. The first-order valence-electron chi connectivity index (χ1n) is 6.87. The summed E-state index contributed by atoms with van der Waals surface area (Å²) >= 11 is 12.3. The van der Waals surface area contributed by atoms with E-state index in [1.807, 2.05) is 32.0 Å². The number of rotatable bonds is 5. The van der Waals surface area contributed by atoms with Crippen LogP contribution in [0.15, 0.2) is 28.2 Å². The van der Waals surface area contributed by atoms with Crippen molar-refractivity contribution in [3.63, 3.8) is 0 Å². The third-order valence-corrected chi connectivity index (χ3v) is 3.88. The lowest BCUT2D eigenvalue weighted by atomic mass is 10.1. The van der Waals surface area contributed by atoms with Gasteiger partial charge in [-0.25, -0.2) is 4.99 Å². The van der Waals surface area contributed by atoms with Gasteiger partial charge in [0, 0.05) is 10.0 Å². The van der Waals surface area contributed by atoms with E-state index in [-0.39, 0.29) is 11.9 Å². The molecule has 0 aromatic heterocycles. The van der Waals surface area contributed by atoms with E-state index in [4.69, 9.17) is 39.5 Å². The highest BCUT2D eigenvalue weighted by molar-refractivity contribution is 6.35. The fourth-order valence-electron chi connectivity index (χ4n) is 2.19. The molecule has 0 saturated heterocycles. The third-order valence-electron chi connectivity index (χ3n) is 3.18. The molecule has 0 amide bonds. The van der Waals surface area contributed by atoms with E-state index < -0.39 is 5.66 Å². The lowest BCUT2D eigenvalue weighted by Gasteiger charge is -2.36. The first kappa shape index (κ1) is 16.9. The SMILES string of the molecule is CC1(C)N=C(N)N=C(N)N1OCCCc1c(Cl)cccc1Cl. The van der Waals surface area contributed by atoms with Gasteiger partial charge in [-0.1, -0.05) is 29.3 Å². The average Bonchev–Trinajstić information content (AvgIpc) is 2.38. The Bertz CT molecular complexity index is 595. The van der Waals surface area contributed by atoms with Gasteiger partial charge in [0.05, 0.1) is 6.61 Å². The predicted molar refractivity (Wildman–Crippen MR) is 89.9 cm³/mol. The van der Waals surface area contributed by atoms with Crippen molar-refractivity contribution < 1.29 is 4.84 Å². The molecule has 0 saturated carbocycles. The van der Waals surface area contributed by atoms with Gasteiger partial charge in [0.25, 0.3) is 0 Å². The molecular weight excluding hydrogens is 325 g/mol. The molecule has 0 fully saturated rings. The van der Waals surface area contributed by atoms with Gasteiger partial charge in [-0.3, -0.25) is 4.84 Å². The molecule has 2 rings (SSSR count). The Hall–Kier alpha value is -1.50. The maximum Gasteiger partial charge on any atom is 0.226 e. The monoisotopic (exact) mass is 343 g/mol. The number of hydrogen-bond acceptors (Lipinski definition) is 6. The summed E-state index contributed by atoms with van der Waals surface area (Å²) in [5.41, 5.74) is 11.6. The highest BCUT2D eigenvalue weighted by atomic mass is 35.5. The Labute approximate surface area is 139 Å². The number of aliphatic imine (C=N–C) groups is 2. The van der Waals surface area contributed by atoms with E-state index >= 15 is 0 Å².